The third kappa shape index (κ3) is 3.96. The van der Waals surface area contributed by atoms with Crippen LogP contribution >= 0.6 is 0 Å². The first-order valence-electron chi connectivity index (χ1n) is 8.43. The molecule has 1 saturated heterocycles. The maximum Gasteiger partial charge on any atom is 0.0585 e. The smallest absolute Gasteiger partial charge is 0.0585 e. The SMILES string of the molecule is CC1CC(C)C(CN2CCN(C(C)(C)C)CC2)C(O)C1. The Labute approximate surface area is 125 Å². The quantitative estimate of drug-likeness (QED) is 0.843. The standard InChI is InChI=1S/C17H34N2O/c1-13-10-14(2)15(16(20)11-13)12-18-6-8-19(9-7-18)17(3,4)5/h13-16,20H,6-12H2,1-5H3. The maximum absolute atomic E-state index is 10.4. The molecule has 0 aromatic rings. The van der Waals surface area contributed by atoms with Crippen LogP contribution in [0.25, 0.3) is 0 Å². The average Bonchev–Trinajstić information content (AvgIpc) is 2.33. The number of piperazine rings is 1. The highest BCUT2D eigenvalue weighted by atomic mass is 16.3. The molecular formula is C17H34N2O. The molecular weight excluding hydrogens is 248 g/mol. The molecule has 0 amide bonds. The van der Waals surface area contributed by atoms with Crippen molar-refractivity contribution in [1.29, 1.82) is 0 Å². The van der Waals surface area contributed by atoms with Crippen molar-refractivity contribution in [2.75, 3.05) is 32.7 Å². The highest BCUT2D eigenvalue weighted by molar-refractivity contribution is 4.87. The van der Waals surface area contributed by atoms with Crippen molar-refractivity contribution in [2.45, 2.75) is 59.1 Å². The van der Waals surface area contributed by atoms with Crippen LogP contribution in [0, 0.1) is 17.8 Å². The second-order valence-corrected chi connectivity index (χ2v) is 8.24. The zero-order chi connectivity index (χ0) is 14.9. The predicted molar refractivity (Wildman–Crippen MR) is 84.8 cm³/mol. The summed E-state index contributed by atoms with van der Waals surface area (Å²) in [6.45, 7) is 17.2. The van der Waals surface area contributed by atoms with Crippen molar-refractivity contribution in [3.63, 3.8) is 0 Å². The second kappa shape index (κ2) is 6.33. The molecule has 0 aromatic carbocycles. The Hall–Kier alpha value is -0.120. The molecule has 118 valence electrons. The van der Waals surface area contributed by atoms with Crippen LogP contribution < -0.4 is 0 Å². The van der Waals surface area contributed by atoms with Crippen molar-refractivity contribution < 1.29 is 5.11 Å². The normalized spacial score (nSPS) is 38.1. The molecule has 2 rings (SSSR count). The number of rotatable bonds is 2. The zero-order valence-corrected chi connectivity index (χ0v) is 14.1. The average molecular weight is 282 g/mol. The molecule has 1 heterocycles. The summed E-state index contributed by atoms with van der Waals surface area (Å²) in [5.41, 5.74) is 0.291. The van der Waals surface area contributed by atoms with Gasteiger partial charge < -0.3 is 10.0 Å². The van der Waals surface area contributed by atoms with Gasteiger partial charge in [-0.15, -0.1) is 0 Å². The van der Waals surface area contributed by atoms with Crippen LogP contribution in [-0.2, 0) is 0 Å². The number of hydrogen-bond acceptors (Lipinski definition) is 3. The van der Waals surface area contributed by atoms with E-state index < -0.39 is 0 Å². The monoisotopic (exact) mass is 282 g/mol. The Kier molecular flexibility index (Phi) is 5.14. The summed E-state index contributed by atoms with van der Waals surface area (Å²) in [6, 6.07) is 0. The molecule has 1 aliphatic heterocycles. The minimum Gasteiger partial charge on any atom is -0.393 e. The molecule has 2 aliphatic rings. The van der Waals surface area contributed by atoms with E-state index >= 15 is 0 Å². The number of nitrogens with zero attached hydrogens (tertiary/aromatic N) is 2. The van der Waals surface area contributed by atoms with E-state index in [0.717, 1.165) is 39.1 Å². The maximum atomic E-state index is 10.4. The van der Waals surface area contributed by atoms with Gasteiger partial charge in [-0.2, -0.15) is 0 Å². The predicted octanol–water partition coefficient (Wildman–Crippen LogP) is 2.45. The van der Waals surface area contributed by atoms with Gasteiger partial charge in [-0.25, -0.2) is 0 Å². The van der Waals surface area contributed by atoms with Gasteiger partial charge in [0.25, 0.3) is 0 Å². The molecule has 3 heteroatoms. The van der Waals surface area contributed by atoms with Crippen molar-refractivity contribution in [1.82, 2.24) is 9.80 Å². The summed E-state index contributed by atoms with van der Waals surface area (Å²) in [5, 5.41) is 10.4. The van der Waals surface area contributed by atoms with Crippen LogP contribution in [0.1, 0.15) is 47.5 Å². The lowest BCUT2D eigenvalue weighted by Gasteiger charge is -2.45. The van der Waals surface area contributed by atoms with Crippen LogP contribution in [0.2, 0.25) is 0 Å². The molecule has 0 bridgehead atoms. The molecule has 4 unspecified atom stereocenters. The zero-order valence-electron chi connectivity index (χ0n) is 14.1. The number of aliphatic hydroxyl groups excluding tert-OH is 1. The van der Waals surface area contributed by atoms with Crippen LogP contribution in [0.5, 0.6) is 0 Å². The molecule has 0 spiro atoms. The molecule has 1 saturated carbocycles. The summed E-state index contributed by atoms with van der Waals surface area (Å²) < 4.78 is 0. The molecule has 1 N–H and O–H groups in total. The minimum absolute atomic E-state index is 0.0885. The summed E-state index contributed by atoms with van der Waals surface area (Å²) in [7, 11) is 0. The lowest BCUT2D eigenvalue weighted by molar-refractivity contribution is -0.0165. The van der Waals surface area contributed by atoms with Gasteiger partial charge in [0.1, 0.15) is 0 Å². The van der Waals surface area contributed by atoms with E-state index in [1.165, 1.54) is 6.42 Å². The van der Waals surface area contributed by atoms with Crippen LogP contribution in [0.3, 0.4) is 0 Å². The third-order valence-electron chi connectivity index (χ3n) is 5.43. The van der Waals surface area contributed by atoms with Gasteiger partial charge >= 0.3 is 0 Å². The van der Waals surface area contributed by atoms with Crippen LogP contribution in [0.15, 0.2) is 0 Å². The molecule has 3 nitrogen and oxygen atoms in total. The molecule has 2 fully saturated rings. The van der Waals surface area contributed by atoms with Crippen molar-refractivity contribution in [3.8, 4) is 0 Å². The van der Waals surface area contributed by atoms with E-state index in [0.29, 0.717) is 23.3 Å². The van der Waals surface area contributed by atoms with Gasteiger partial charge in [0.05, 0.1) is 6.10 Å². The Morgan fingerprint density at radius 3 is 2.10 bits per heavy atom. The van der Waals surface area contributed by atoms with Gasteiger partial charge in [0.2, 0.25) is 0 Å². The molecule has 20 heavy (non-hydrogen) atoms. The van der Waals surface area contributed by atoms with Gasteiger partial charge in [0.15, 0.2) is 0 Å². The largest absolute Gasteiger partial charge is 0.393 e. The van der Waals surface area contributed by atoms with E-state index in [1.54, 1.807) is 0 Å². The molecule has 0 aromatic heterocycles. The van der Waals surface area contributed by atoms with Gasteiger partial charge in [0, 0.05) is 44.2 Å². The van der Waals surface area contributed by atoms with Gasteiger partial charge in [-0.1, -0.05) is 13.8 Å². The van der Waals surface area contributed by atoms with E-state index in [4.69, 9.17) is 0 Å². The lowest BCUT2D eigenvalue weighted by atomic mass is 9.73. The topological polar surface area (TPSA) is 26.7 Å². The first kappa shape index (κ1) is 16.3. The minimum atomic E-state index is -0.0885. The first-order chi connectivity index (χ1) is 9.27. The Morgan fingerprint density at radius 2 is 1.60 bits per heavy atom. The summed E-state index contributed by atoms with van der Waals surface area (Å²) in [5.74, 6) is 1.83. The molecule has 0 radical (unpaired) electrons. The summed E-state index contributed by atoms with van der Waals surface area (Å²) in [6.07, 6.45) is 2.19. The summed E-state index contributed by atoms with van der Waals surface area (Å²) in [4.78, 5) is 5.15. The fourth-order valence-corrected chi connectivity index (χ4v) is 4.07. The number of aliphatic hydroxyl groups is 1. The molecule has 4 atom stereocenters. The van der Waals surface area contributed by atoms with Gasteiger partial charge in [-0.3, -0.25) is 4.90 Å². The van der Waals surface area contributed by atoms with E-state index in [-0.39, 0.29) is 6.10 Å². The Bertz CT molecular complexity index is 293. The fraction of sp³-hybridized carbons (Fsp3) is 1.00. The van der Waals surface area contributed by atoms with Crippen LogP contribution in [-0.4, -0.2) is 59.3 Å². The van der Waals surface area contributed by atoms with E-state index in [2.05, 4.69) is 44.4 Å². The Balaban J connectivity index is 1.83. The highest BCUT2D eigenvalue weighted by Crippen LogP contribution is 2.34. The van der Waals surface area contributed by atoms with E-state index in [1.807, 2.05) is 0 Å². The second-order valence-electron chi connectivity index (χ2n) is 8.24. The fourth-order valence-electron chi connectivity index (χ4n) is 4.07. The van der Waals surface area contributed by atoms with Crippen molar-refractivity contribution >= 4 is 0 Å². The van der Waals surface area contributed by atoms with Crippen molar-refractivity contribution in [3.05, 3.63) is 0 Å². The molecule has 1 aliphatic carbocycles. The third-order valence-corrected chi connectivity index (χ3v) is 5.43. The Morgan fingerprint density at radius 1 is 1.00 bits per heavy atom. The van der Waals surface area contributed by atoms with Crippen molar-refractivity contribution in [2.24, 2.45) is 17.8 Å². The number of hydrogen-bond donors (Lipinski definition) is 1. The highest BCUT2D eigenvalue weighted by Gasteiger charge is 2.35. The van der Waals surface area contributed by atoms with Gasteiger partial charge in [-0.05, 0) is 45.4 Å². The first-order valence-corrected chi connectivity index (χ1v) is 8.43. The summed E-state index contributed by atoms with van der Waals surface area (Å²) >= 11 is 0. The van der Waals surface area contributed by atoms with Crippen LogP contribution in [0.4, 0.5) is 0 Å². The lowest BCUT2D eigenvalue weighted by Crippen LogP contribution is -2.55. The van der Waals surface area contributed by atoms with E-state index in [9.17, 15) is 5.11 Å².